The fourth-order valence-electron chi connectivity index (χ4n) is 2.67. The van der Waals surface area contributed by atoms with Gasteiger partial charge in [0.25, 0.3) is 0 Å². The standard InChI is InChI=1S/C14H24N4O3/c1-14(2,18-9-15-8-16-18)13(20)17-10-6-4-5-7-11(21-3)12(10)19/h8-12,19H,4-7H2,1-3H3,(H,17,20)/t10-,11-,12-/m1/s1. The van der Waals surface area contributed by atoms with Crippen molar-refractivity contribution in [2.75, 3.05) is 7.11 Å². The van der Waals surface area contributed by atoms with Crippen molar-refractivity contribution in [3.05, 3.63) is 12.7 Å². The molecule has 1 aliphatic rings. The van der Waals surface area contributed by atoms with Gasteiger partial charge >= 0.3 is 0 Å². The predicted molar refractivity (Wildman–Crippen MR) is 76.5 cm³/mol. The Labute approximate surface area is 124 Å². The number of rotatable bonds is 4. The van der Waals surface area contributed by atoms with Crippen LogP contribution in [0.2, 0.25) is 0 Å². The van der Waals surface area contributed by atoms with E-state index in [4.69, 9.17) is 4.74 Å². The molecule has 1 heterocycles. The van der Waals surface area contributed by atoms with Gasteiger partial charge in [0.15, 0.2) is 0 Å². The Kier molecular flexibility index (Phi) is 4.95. The molecular weight excluding hydrogens is 272 g/mol. The molecule has 0 aromatic carbocycles. The highest BCUT2D eigenvalue weighted by Crippen LogP contribution is 2.22. The topological polar surface area (TPSA) is 89.3 Å². The van der Waals surface area contributed by atoms with E-state index in [-0.39, 0.29) is 18.1 Å². The molecule has 1 aromatic heterocycles. The molecule has 1 fully saturated rings. The van der Waals surface area contributed by atoms with Gasteiger partial charge in [-0.25, -0.2) is 9.67 Å². The van der Waals surface area contributed by atoms with Crippen molar-refractivity contribution in [1.82, 2.24) is 20.1 Å². The van der Waals surface area contributed by atoms with Crippen molar-refractivity contribution in [2.24, 2.45) is 0 Å². The van der Waals surface area contributed by atoms with Crippen LogP contribution in [0.25, 0.3) is 0 Å². The van der Waals surface area contributed by atoms with Crippen LogP contribution in [-0.2, 0) is 15.1 Å². The zero-order valence-corrected chi connectivity index (χ0v) is 12.8. The van der Waals surface area contributed by atoms with E-state index in [1.807, 2.05) is 0 Å². The van der Waals surface area contributed by atoms with Gasteiger partial charge in [0.1, 0.15) is 24.3 Å². The zero-order valence-electron chi connectivity index (χ0n) is 12.8. The van der Waals surface area contributed by atoms with E-state index in [1.54, 1.807) is 21.0 Å². The van der Waals surface area contributed by atoms with Crippen molar-refractivity contribution in [3.63, 3.8) is 0 Å². The Balaban J connectivity index is 2.07. The van der Waals surface area contributed by atoms with Crippen LogP contribution in [0.4, 0.5) is 0 Å². The Bertz CT molecular complexity index is 461. The van der Waals surface area contributed by atoms with Gasteiger partial charge in [0, 0.05) is 7.11 Å². The predicted octanol–water partition coefficient (Wildman–Crippen LogP) is 0.448. The first-order valence-electron chi connectivity index (χ1n) is 7.33. The van der Waals surface area contributed by atoms with Crippen LogP contribution < -0.4 is 5.32 Å². The highest BCUT2D eigenvalue weighted by atomic mass is 16.5. The molecule has 2 N–H and O–H groups in total. The van der Waals surface area contributed by atoms with Gasteiger partial charge in [-0.05, 0) is 26.7 Å². The number of aliphatic hydroxyl groups is 1. The summed E-state index contributed by atoms with van der Waals surface area (Å²) in [6.07, 6.45) is 5.52. The molecule has 1 saturated carbocycles. The molecule has 1 aromatic rings. The normalized spacial score (nSPS) is 27.1. The molecule has 3 atom stereocenters. The van der Waals surface area contributed by atoms with E-state index in [0.29, 0.717) is 0 Å². The van der Waals surface area contributed by atoms with Gasteiger partial charge in [-0.1, -0.05) is 12.8 Å². The lowest BCUT2D eigenvalue weighted by atomic mass is 10.00. The van der Waals surface area contributed by atoms with Crippen molar-refractivity contribution >= 4 is 5.91 Å². The smallest absolute Gasteiger partial charge is 0.247 e. The van der Waals surface area contributed by atoms with Crippen molar-refractivity contribution in [2.45, 2.75) is 63.3 Å². The largest absolute Gasteiger partial charge is 0.388 e. The van der Waals surface area contributed by atoms with Gasteiger partial charge < -0.3 is 15.2 Å². The molecule has 7 heteroatoms. The maximum Gasteiger partial charge on any atom is 0.247 e. The fraction of sp³-hybridized carbons (Fsp3) is 0.786. The molecule has 2 rings (SSSR count). The minimum atomic E-state index is -0.856. The van der Waals surface area contributed by atoms with Gasteiger partial charge in [0.2, 0.25) is 5.91 Å². The third-order valence-corrected chi connectivity index (χ3v) is 4.21. The SMILES string of the molecule is CO[C@@H]1CCCC[C@@H](NC(=O)C(C)(C)n2cncn2)[C@H]1O. The number of nitrogens with one attached hydrogen (secondary N) is 1. The monoisotopic (exact) mass is 296 g/mol. The number of nitrogens with zero attached hydrogens (tertiary/aromatic N) is 3. The van der Waals surface area contributed by atoms with Crippen LogP contribution in [0.1, 0.15) is 39.5 Å². The number of aliphatic hydroxyl groups excluding tert-OH is 1. The number of carbonyl (C=O) groups excluding carboxylic acids is 1. The van der Waals surface area contributed by atoms with Crippen LogP contribution in [0.5, 0.6) is 0 Å². The third kappa shape index (κ3) is 3.41. The molecule has 0 radical (unpaired) electrons. The molecular formula is C14H24N4O3. The highest BCUT2D eigenvalue weighted by molar-refractivity contribution is 5.83. The number of amides is 1. The number of carbonyl (C=O) groups is 1. The summed E-state index contributed by atoms with van der Waals surface area (Å²) in [5.74, 6) is -0.186. The van der Waals surface area contributed by atoms with Crippen LogP contribution in [0.3, 0.4) is 0 Å². The quantitative estimate of drug-likeness (QED) is 0.787. The molecule has 0 bridgehead atoms. The summed E-state index contributed by atoms with van der Waals surface area (Å²) in [5.41, 5.74) is -0.856. The molecule has 1 amide bonds. The van der Waals surface area contributed by atoms with Crippen molar-refractivity contribution < 1.29 is 14.6 Å². The summed E-state index contributed by atoms with van der Waals surface area (Å²) >= 11 is 0. The second-order valence-corrected chi connectivity index (χ2v) is 6.03. The molecule has 7 nitrogen and oxygen atoms in total. The first kappa shape index (κ1) is 15.9. The van der Waals surface area contributed by atoms with Crippen molar-refractivity contribution in [1.29, 1.82) is 0 Å². The highest BCUT2D eigenvalue weighted by Gasteiger charge is 2.36. The number of hydrogen-bond donors (Lipinski definition) is 2. The maximum absolute atomic E-state index is 12.5. The van der Waals surface area contributed by atoms with Gasteiger partial charge in [-0.2, -0.15) is 5.10 Å². The van der Waals surface area contributed by atoms with E-state index in [1.165, 1.54) is 17.3 Å². The zero-order chi connectivity index (χ0) is 15.5. The van der Waals surface area contributed by atoms with Crippen LogP contribution in [-0.4, -0.2) is 51.1 Å². The lowest BCUT2D eigenvalue weighted by Crippen LogP contribution is -2.54. The fourth-order valence-corrected chi connectivity index (χ4v) is 2.67. The number of ether oxygens (including phenoxy) is 1. The Hall–Kier alpha value is -1.47. The van der Waals surface area contributed by atoms with Crippen LogP contribution in [0, 0.1) is 0 Å². The number of methoxy groups -OCH3 is 1. The Morgan fingerprint density at radius 2 is 2.14 bits per heavy atom. The lowest BCUT2D eigenvalue weighted by Gasteiger charge is -2.31. The molecule has 1 aliphatic carbocycles. The first-order valence-corrected chi connectivity index (χ1v) is 7.33. The third-order valence-electron chi connectivity index (χ3n) is 4.21. The van der Waals surface area contributed by atoms with E-state index >= 15 is 0 Å². The number of aromatic nitrogens is 3. The second-order valence-electron chi connectivity index (χ2n) is 6.03. The van der Waals surface area contributed by atoms with Crippen LogP contribution >= 0.6 is 0 Å². The molecule has 0 unspecified atom stereocenters. The summed E-state index contributed by atoms with van der Waals surface area (Å²) in [4.78, 5) is 16.4. The minimum Gasteiger partial charge on any atom is -0.388 e. The van der Waals surface area contributed by atoms with E-state index in [0.717, 1.165) is 25.7 Å². The van der Waals surface area contributed by atoms with Gasteiger partial charge in [-0.15, -0.1) is 0 Å². The average molecular weight is 296 g/mol. The van der Waals surface area contributed by atoms with E-state index in [2.05, 4.69) is 15.4 Å². The molecule has 118 valence electrons. The Morgan fingerprint density at radius 1 is 1.43 bits per heavy atom. The van der Waals surface area contributed by atoms with Gasteiger partial charge in [-0.3, -0.25) is 4.79 Å². The first-order chi connectivity index (χ1) is 9.96. The minimum absolute atomic E-state index is 0.186. The summed E-state index contributed by atoms with van der Waals surface area (Å²) in [6, 6.07) is -0.298. The molecule has 0 spiro atoms. The van der Waals surface area contributed by atoms with Crippen molar-refractivity contribution in [3.8, 4) is 0 Å². The van der Waals surface area contributed by atoms with Gasteiger partial charge in [0.05, 0.1) is 12.1 Å². The summed E-state index contributed by atoms with van der Waals surface area (Å²) < 4.78 is 6.84. The van der Waals surface area contributed by atoms with Crippen LogP contribution in [0.15, 0.2) is 12.7 Å². The lowest BCUT2D eigenvalue weighted by molar-refractivity contribution is -0.131. The second kappa shape index (κ2) is 6.53. The molecule has 0 aliphatic heterocycles. The molecule has 21 heavy (non-hydrogen) atoms. The summed E-state index contributed by atoms with van der Waals surface area (Å²) in [5, 5.41) is 17.4. The summed E-state index contributed by atoms with van der Waals surface area (Å²) in [7, 11) is 1.59. The summed E-state index contributed by atoms with van der Waals surface area (Å²) in [6.45, 7) is 3.54. The average Bonchev–Trinajstić information content (AvgIpc) is 2.94. The van der Waals surface area contributed by atoms with E-state index < -0.39 is 11.6 Å². The van der Waals surface area contributed by atoms with E-state index in [9.17, 15) is 9.90 Å². The Morgan fingerprint density at radius 3 is 2.76 bits per heavy atom. The molecule has 0 saturated heterocycles. The number of hydrogen-bond acceptors (Lipinski definition) is 5. The maximum atomic E-state index is 12.5.